The third-order valence-electron chi connectivity index (χ3n) is 13.2. The van der Waals surface area contributed by atoms with Crippen LogP contribution in [0.25, 0.3) is 22.1 Å². The third-order valence-corrected chi connectivity index (χ3v) is 16.0. The number of nitrogens with zero attached hydrogens (tertiary/aromatic N) is 8. The Kier molecular flexibility index (Phi) is 19.5. The van der Waals surface area contributed by atoms with Gasteiger partial charge in [-0.15, -0.1) is 23.5 Å². The van der Waals surface area contributed by atoms with E-state index in [0.717, 1.165) is 43.1 Å². The van der Waals surface area contributed by atoms with Gasteiger partial charge in [0.25, 0.3) is 11.8 Å². The summed E-state index contributed by atoms with van der Waals surface area (Å²) in [6, 6.07) is 1.79. The monoisotopic (exact) mass is 1100 g/mol. The van der Waals surface area contributed by atoms with Crippen LogP contribution in [0.1, 0.15) is 62.5 Å². The Labute approximate surface area is 453 Å². The number of fused-ring (bicyclic) bond motifs is 6. The molecule has 2 aromatic heterocycles. The van der Waals surface area contributed by atoms with Gasteiger partial charge in [-0.3, -0.25) is 48.3 Å². The molecule has 0 spiro atoms. The van der Waals surface area contributed by atoms with E-state index >= 15 is 9.59 Å². The van der Waals surface area contributed by atoms with Crippen LogP contribution in [0.2, 0.25) is 0 Å². The zero-order valence-corrected chi connectivity index (χ0v) is 46.2. The Morgan fingerprint density at radius 3 is 1.43 bits per heavy atom. The number of thioether (sulfide) groups is 2. The minimum absolute atomic E-state index is 0.182. The highest BCUT2D eigenvalue weighted by molar-refractivity contribution is 8.16. The summed E-state index contributed by atoms with van der Waals surface area (Å²) in [7, 11) is 5.32. The number of carbonyl (C=O) groups excluding carboxylic acids is 10. The number of hydrogen-bond acceptors (Lipinski definition) is 18. The number of ether oxygens (including phenoxy) is 2. The van der Waals surface area contributed by atoms with Gasteiger partial charge in [0.1, 0.15) is 72.9 Å². The van der Waals surface area contributed by atoms with Gasteiger partial charge in [0.2, 0.25) is 35.4 Å². The molecule has 2 fully saturated rings. The van der Waals surface area contributed by atoms with Gasteiger partial charge in [0, 0.05) is 33.9 Å². The molecule has 77 heavy (non-hydrogen) atoms. The van der Waals surface area contributed by atoms with Crippen LogP contribution in [-0.4, -0.2) is 205 Å². The van der Waals surface area contributed by atoms with Crippen LogP contribution < -0.4 is 21.3 Å². The van der Waals surface area contributed by atoms with Gasteiger partial charge in [0.15, 0.2) is 0 Å². The molecule has 2 aliphatic rings. The summed E-state index contributed by atoms with van der Waals surface area (Å²) in [4.78, 5) is 166. The fraction of sp³-hybridized carbons (Fsp3) is 0.490. The topological polar surface area (TPSA) is 302 Å². The number of para-hydroxylation sites is 4. The molecule has 0 radical (unpaired) electrons. The Morgan fingerprint density at radius 1 is 0.610 bits per heavy atom. The maximum atomic E-state index is 15.2. The minimum Gasteiger partial charge on any atom is -0.461 e. The summed E-state index contributed by atoms with van der Waals surface area (Å²) in [5.74, 6) is -10.4. The summed E-state index contributed by atoms with van der Waals surface area (Å²) >= 11 is 2.16. The lowest BCUT2D eigenvalue weighted by molar-refractivity contribution is -0.160. The van der Waals surface area contributed by atoms with Crippen molar-refractivity contribution in [3.05, 3.63) is 72.3 Å². The predicted molar refractivity (Wildman–Crippen MR) is 284 cm³/mol. The Morgan fingerprint density at radius 2 is 1.01 bits per heavy atom. The SMILES string of the molecule is CSC1SCC2C(=O)N(C)[C@@H](C(C)C)C(=O)OC[C@@H](NC(=O)c3cnc4ccccc4n3)C(=O)N[C@@H](C)C(=O)N(C)C1C(=O)N(C)[C@@H](C(C)C)C(=O)OC[C@@H](NC(=O)c1cnc3ccccc3n1)C(=O)N[C@@H](C)C(=O)N2C. The molecule has 4 heterocycles. The second-order valence-corrected chi connectivity index (χ2v) is 21.8. The largest absolute Gasteiger partial charge is 0.461 e. The van der Waals surface area contributed by atoms with Gasteiger partial charge < -0.3 is 50.3 Å². The fourth-order valence-corrected chi connectivity index (χ4v) is 11.4. The number of carbonyl (C=O) groups is 10. The molecule has 8 amide bonds. The van der Waals surface area contributed by atoms with Crippen LogP contribution in [-0.2, 0) is 47.8 Å². The summed E-state index contributed by atoms with van der Waals surface area (Å²) in [5.41, 5.74) is 1.38. The first-order chi connectivity index (χ1) is 36.4. The summed E-state index contributed by atoms with van der Waals surface area (Å²) in [6.07, 6.45) is 4.06. The maximum absolute atomic E-state index is 15.2. The van der Waals surface area contributed by atoms with Crippen molar-refractivity contribution in [2.45, 2.75) is 94.5 Å². The fourth-order valence-electron chi connectivity index (χ4n) is 8.88. The lowest BCUT2D eigenvalue weighted by Gasteiger charge is -2.40. The summed E-state index contributed by atoms with van der Waals surface area (Å²) in [5, 5.41) is 10.2. The van der Waals surface area contributed by atoms with Crippen molar-refractivity contribution in [2.75, 3.05) is 53.4 Å². The van der Waals surface area contributed by atoms with Crippen molar-refractivity contribution < 1.29 is 57.4 Å². The van der Waals surface area contributed by atoms with Gasteiger partial charge in [-0.25, -0.2) is 19.6 Å². The molecule has 24 nitrogen and oxygen atoms in total. The van der Waals surface area contributed by atoms with Crippen molar-refractivity contribution in [3.8, 4) is 0 Å². The molecule has 4 N–H and O–H groups in total. The van der Waals surface area contributed by atoms with Gasteiger partial charge in [-0.05, 0) is 56.2 Å². The minimum atomic E-state index is -1.66. The summed E-state index contributed by atoms with van der Waals surface area (Å²) < 4.78 is 10.5. The van der Waals surface area contributed by atoms with Crippen molar-refractivity contribution in [3.63, 3.8) is 0 Å². The zero-order chi connectivity index (χ0) is 56.6. The quantitative estimate of drug-likeness (QED) is 0.185. The molecule has 2 bridgehead atoms. The first-order valence-electron chi connectivity index (χ1n) is 24.7. The van der Waals surface area contributed by atoms with Crippen LogP contribution in [0.15, 0.2) is 60.9 Å². The maximum Gasteiger partial charge on any atom is 0.329 e. The van der Waals surface area contributed by atoms with Crippen molar-refractivity contribution in [1.82, 2.24) is 60.8 Å². The lowest BCUT2D eigenvalue weighted by Crippen LogP contribution is -2.60. The van der Waals surface area contributed by atoms with Gasteiger partial charge in [-0.1, -0.05) is 52.0 Å². The normalized spacial score (nSPS) is 25.4. The van der Waals surface area contributed by atoms with E-state index in [9.17, 15) is 38.4 Å². The second-order valence-electron chi connectivity index (χ2n) is 19.3. The van der Waals surface area contributed by atoms with Crippen LogP contribution in [0.5, 0.6) is 0 Å². The standard InChI is InChI=1S/C51H64N12O12S2/c1-25(2)38-49(72)74-22-36(59-42(65)34-21-53-30-17-13-15-19-32(30)57-34)44(67)55-28(6)46(69)63(10)40-48(71)62(9)39(26(3)4)50(73)75-23-35(58-41(64)33-20-52-29-16-12-14-18-31(29)56-33)43(66)54-27(5)45(68)60(7)37(47(70)61(38)8)24-77-51(40)76-11/h12-21,25-28,35-40,51H,22-24H2,1-11H3,(H,54,66)(H,55,67)(H,58,64)(H,59,65)/t27-,28-,35+,36+,37?,38-,39-,40?,51?/m0/s1. The Hall–Kier alpha value is -7.48. The van der Waals surface area contributed by atoms with E-state index in [-0.39, 0.29) is 17.1 Å². The van der Waals surface area contributed by atoms with E-state index in [1.807, 2.05) is 0 Å². The number of amides is 8. The molecule has 26 heteroatoms. The number of nitrogens with one attached hydrogen (secondary N) is 4. The van der Waals surface area contributed by atoms with Crippen molar-refractivity contribution >= 4 is 105 Å². The highest BCUT2D eigenvalue weighted by Gasteiger charge is 2.45. The Balaban J connectivity index is 1.43. The molecule has 412 valence electrons. The van der Waals surface area contributed by atoms with Crippen LogP contribution in [0, 0.1) is 11.8 Å². The number of rotatable bonds is 7. The van der Waals surface area contributed by atoms with E-state index in [4.69, 9.17) is 9.47 Å². The summed E-state index contributed by atoms with van der Waals surface area (Å²) in [6.45, 7) is 7.69. The molecule has 0 aliphatic carbocycles. The molecule has 2 saturated heterocycles. The van der Waals surface area contributed by atoms with Gasteiger partial charge in [0.05, 0.1) is 39.0 Å². The van der Waals surface area contributed by atoms with Crippen molar-refractivity contribution in [1.29, 1.82) is 0 Å². The van der Waals surface area contributed by atoms with Crippen LogP contribution >= 0.6 is 23.5 Å². The van der Waals surface area contributed by atoms with Gasteiger partial charge in [-0.2, -0.15) is 0 Å². The van der Waals surface area contributed by atoms with E-state index < -0.39 is 137 Å². The van der Waals surface area contributed by atoms with Gasteiger partial charge >= 0.3 is 11.9 Å². The number of likely N-dealkylation sites (N-methyl/N-ethyl adjacent to an activating group) is 4. The molecule has 3 unspecified atom stereocenters. The zero-order valence-electron chi connectivity index (χ0n) is 44.5. The highest BCUT2D eigenvalue weighted by atomic mass is 32.2. The smallest absolute Gasteiger partial charge is 0.329 e. The average molecular weight is 1100 g/mol. The second kappa shape index (κ2) is 25.6. The van der Waals surface area contributed by atoms with E-state index in [1.54, 1.807) is 82.5 Å². The molecule has 2 aromatic carbocycles. The van der Waals surface area contributed by atoms with E-state index in [0.29, 0.717) is 22.1 Å². The Bertz CT molecular complexity index is 2930. The highest BCUT2D eigenvalue weighted by Crippen LogP contribution is 2.32. The average Bonchev–Trinajstić information content (AvgIpc) is 3.40. The lowest BCUT2D eigenvalue weighted by atomic mass is 10.0. The predicted octanol–water partition coefficient (Wildman–Crippen LogP) is 0.635. The number of cyclic esters (lactones) is 2. The third kappa shape index (κ3) is 13.6. The molecule has 2 aliphatic heterocycles. The molecule has 9 atom stereocenters. The number of benzene rings is 2. The number of aromatic nitrogens is 4. The molecular formula is C51H64N12O12S2. The molecule has 6 rings (SSSR count). The van der Waals surface area contributed by atoms with E-state index in [1.165, 1.54) is 54.4 Å². The van der Waals surface area contributed by atoms with Crippen LogP contribution in [0.4, 0.5) is 0 Å². The molecule has 4 aromatic rings. The van der Waals surface area contributed by atoms with Crippen molar-refractivity contribution in [2.24, 2.45) is 11.8 Å². The van der Waals surface area contributed by atoms with Crippen LogP contribution in [0.3, 0.4) is 0 Å². The molecular weight excluding hydrogens is 1040 g/mol. The molecule has 0 saturated carbocycles. The first-order valence-corrected chi connectivity index (χ1v) is 27.0. The first kappa shape index (κ1) is 58.8. The van der Waals surface area contributed by atoms with E-state index in [2.05, 4.69) is 41.2 Å². The number of esters is 2. The number of hydrogen-bond donors (Lipinski definition) is 4.